The first-order valence-electron chi connectivity index (χ1n) is 8.69. The van der Waals surface area contributed by atoms with Crippen LogP contribution in [0.3, 0.4) is 0 Å². The Morgan fingerprint density at radius 2 is 2.04 bits per heavy atom. The maximum absolute atomic E-state index is 12.5. The molecule has 0 radical (unpaired) electrons. The third kappa shape index (κ3) is 5.90. The summed E-state index contributed by atoms with van der Waals surface area (Å²) < 4.78 is 0. The van der Waals surface area contributed by atoms with E-state index in [1.165, 1.54) is 0 Å². The van der Waals surface area contributed by atoms with E-state index in [1.54, 1.807) is 7.05 Å². The molecule has 1 aliphatic rings. The van der Waals surface area contributed by atoms with Crippen LogP contribution in [0.5, 0.6) is 0 Å². The van der Waals surface area contributed by atoms with Gasteiger partial charge in [0.1, 0.15) is 0 Å². The molecule has 0 saturated carbocycles. The fourth-order valence-electron chi connectivity index (χ4n) is 2.72. The van der Waals surface area contributed by atoms with Gasteiger partial charge in [-0.1, -0.05) is 30.7 Å². The molecule has 1 fully saturated rings. The van der Waals surface area contributed by atoms with E-state index in [0.29, 0.717) is 24.7 Å². The number of nitrogens with zero attached hydrogens (tertiary/aromatic N) is 4. The number of halogens is 1. The molecule has 138 valence electrons. The molecule has 2 rings (SSSR count). The summed E-state index contributed by atoms with van der Waals surface area (Å²) in [5.74, 6) is 0.916. The average molecular weight is 366 g/mol. The van der Waals surface area contributed by atoms with E-state index in [-0.39, 0.29) is 5.91 Å². The standard InChI is InChI=1S/C18H28ClN5O/c1-4-22(3)10-9-21-18(20-2)24-12-11-23(17(25)14-24)13-15-5-7-16(19)8-6-15/h5-8H,4,9-14H2,1-3H3,(H,20,21). The molecule has 1 aromatic carbocycles. The lowest BCUT2D eigenvalue weighted by Gasteiger charge is -2.36. The Morgan fingerprint density at radius 1 is 1.32 bits per heavy atom. The van der Waals surface area contributed by atoms with Crippen LogP contribution in [0, 0.1) is 0 Å². The average Bonchev–Trinajstić information content (AvgIpc) is 2.62. The van der Waals surface area contributed by atoms with Crippen molar-refractivity contribution >= 4 is 23.5 Å². The minimum atomic E-state index is 0.120. The minimum Gasteiger partial charge on any atom is -0.355 e. The van der Waals surface area contributed by atoms with Gasteiger partial charge in [0.25, 0.3) is 0 Å². The number of piperazine rings is 1. The molecule has 1 aliphatic heterocycles. The minimum absolute atomic E-state index is 0.120. The molecule has 0 bridgehead atoms. The van der Waals surface area contributed by atoms with Crippen molar-refractivity contribution in [3.63, 3.8) is 0 Å². The van der Waals surface area contributed by atoms with Crippen molar-refractivity contribution in [2.24, 2.45) is 4.99 Å². The van der Waals surface area contributed by atoms with Gasteiger partial charge in [-0.2, -0.15) is 0 Å². The smallest absolute Gasteiger partial charge is 0.242 e. The van der Waals surface area contributed by atoms with Gasteiger partial charge in [-0.3, -0.25) is 9.79 Å². The molecule has 0 aliphatic carbocycles. The molecule has 0 spiro atoms. The number of hydrogen-bond acceptors (Lipinski definition) is 3. The van der Waals surface area contributed by atoms with Crippen LogP contribution in [0.4, 0.5) is 0 Å². The van der Waals surface area contributed by atoms with E-state index >= 15 is 0 Å². The zero-order valence-corrected chi connectivity index (χ0v) is 16.1. The molecule has 0 aromatic heterocycles. The molecule has 1 heterocycles. The number of guanidine groups is 1. The van der Waals surface area contributed by atoms with Crippen LogP contribution < -0.4 is 5.32 Å². The first-order chi connectivity index (χ1) is 12.0. The predicted molar refractivity (Wildman–Crippen MR) is 103 cm³/mol. The van der Waals surface area contributed by atoms with Crippen LogP contribution in [0.1, 0.15) is 12.5 Å². The molecule has 6 nitrogen and oxygen atoms in total. The summed E-state index contributed by atoms with van der Waals surface area (Å²) in [4.78, 5) is 22.9. The van der Waals surface area contributed by atoms with Gasteiger partial charge < -0.3 is 20.0 Å². The SMILES string of the molecule is CCN(C)CCNC(=NC)N1CCN(Cc2ccc(Cl)cc2)C(=O)C1. The Hall–Kier alpha value is -1.79. The second kappa shape index (κ2) is 9.63. The van der Waals surface area contributed by atoms with Crippen LogP contribution >= 0.6 is 11.6 Å². The molecule has 0 atom stereocenters. The number of nitrogens with one attached hydrogen (secondary N) is 1. The van der Waals surface area contributed by atoms with Crippen LogP contribution in [0.2, 0.25) is 5.02 Å². The summed E-state index contributed by atoms with van der Waals surface area (Å²) in [6, 6.07) is 7.65. The second-order valence-electron chi connectivity index (χ2n) is 6.23. The van der Waals surface area contributed by atoms with Crippen molar-refractivity contribution in [1.29, 1.82) is 0 Å². The normalized spacial score (nSPS) is 15.9. The zero-order chi connectivity index (χ0) is 18.2. The van der Waals surface area contributed by atoms with Crippen LogP contribution in [0.15, 0.2) is 29.3 Å². The fourth-order valence-corrected chi connectivity index (χ4v) is 2.84. The van der Waals surface area contributed by atoms with E-state index < -0.39 is 0 Å². The van der Waals surface area contributed by atoms with Gasteiger partial charge in [0.05, 0.1) is 6.54 Å². The number of likely N-dealkylation sites (N-methyl/N-ethyl adjacent to an activating group) is 1. The van der Waals surface area contributed by atoms with Crippen molar-refractivity contribution < 1.29 is 4.79 Å². The Bertz CT molecular complexity index is 590. The lowest BCUT2D eigenvalue weighted by Crippen LogP contribution is -2.55. The predicted octanol–water partition coefficient (Wildman–Crippen LogP) is 1.51. The molecular weight excluding hydrogens is 338 g/mol. The van der Waals surface area contributed by atoms with Gasteiger partial charge >= 0.3 is 0 Å². The van der Waals surface area contributed by atoms with E-state index in [2.05, 4.69) is 29.2 Å². The van der Waals surface area contributed by atoms with E-state index in [4.69, 9.17) is 11.6 Å². The summed E-state index contributed by atoms with van der Waals surface area (Å²) in [6.45, 7) is 7.36. The van der Waals surface area contributed by atoms with Crippen molar-refractivity contribution in [3.05, 3.63) is 34.9 Å². The maximum Gasteiger partial charge on any atom is 0.242 e. The van der Waals surface area contributed by atoms with E-state index in [0.717, 1.165) is 37.7 Å². The number of aliphatic imine (C=N–C) groups is 1. The monoisotopic (exact) mass is 365 g/mol. The lowest BCUT2D eigenvalue weighted by molar-refractivity contribution is -0.135. The third-order valence-corrected chi connectivity index (χ3v) is 4.69. The van der Waals surface area contributed by atoms with Crippen molar-refractivity contribution in [1.82, 2.24) is 20.0 Å². The molecule has 1 saturated heterocycles. The summed E-state index contributed by atoms with van der Waals surface area (Å²) >= 11 is 5.91. The highest BCUT2D eigenvalue weighted by molar-refractivity contribution is 6.30. The van der Waals surface area contributed by atoms with Gasteiger partial charge in [-0.05, 0) is 31.3 Å². The molecule has 1 N–H and O–H groups in total. The van der Waals surface area contributed by atoms with Crippen LogP contribution in [0.25, 0.3) is 0 Å². The summed E-state index contributed by atoms with van der Waals surface area (Å²) in [7, 11) is 3.85. The number of hydrogen-bond donors (Lipinski definition) is 1. The van der Waals surface area contributed by atoms with Crippen molar-refractivity contribution in [3.8, 4) is 0 Å². The highest BCUT2D eigenvalue weighted by Crippen LogP contribution is 2.13. The molecule has 7 heteroatoms. The second-order valence-corrected chi connectivity index (χ2v) is 6.67. The largest absolute Gasteiger partial charge is 0.355 e. The molecule has 1 aromatic rings. The quantitative estimate of drug-likeness (QED) is 0.613. The number of rotatable bonds is 6. The Balaban J connectivity index is 1.84. The first kappa shape index (κ1) is 19.5. The molecular formula is C18H28ClN5O. The van der Waals surface area contributed by atoms with Gasteiger partial charge in [0, 0.05) is 44.8 Å². The fraction of sp³-hybridized carbons (Fsp3) is 0.556. The number of amides is 1. The molecule has 1 amide bonds. The number of carbonyl (C=O) groups excluding carboxylic acids is 1. The number of benzene rings is 1. The molecule has 25 heavy (non-hydrogen) atoms. The summed E-state index contributed by atoms with van der Waals surface area (Å²) in [5, 5.41) is 4.06. The van der Waals surface area contributed by atoms with Gasteiger partial charge in [0.15, 0.2) is 5.96 Å². The maximum atomic E-state index is 12.5. The summed E-state index contributed by atoms with van der Waals surface area (Å²) in [6.07, 6.45) is 0. The Morgan fingerprint density at radius 3 is 2.64 bits per heavy atom. The Labute approximate surface area is 155 Å². The first-order valence-corrected chi connectivity index (χ1v) is 9.07. The van der Waals surface area contributed by atoms with Gasteiger partial charge in [-0.15, -0.1) is 0 Å². The van der Waals surface area contributed by atoms with Gasteiger partial charge in [-0.25, -0.2) is 0 Å². The van der Waals surface area contributed by atoms with Crippen molar-refractivity contribution in [2.45, 2.75) is 13.5 Å². The number of carbonyl (C=O) groups is 1. The topological polar surface area (TPSA) is 51.2 Å². The van der Waals surface area contributed by atoms with Crippen LogP contribution in [-0.4, -0.2) is 79.9 Å². The van der Waals surface area contributed by atoms with E-state index in [1.807, 2.05) is 34.1 Å². The zero-order valence-electron chi connectivity index (χ0n) is 15.3. The Kier molecular flexibility index (Phi) is 7.52. The summed E-state index contributed by atoms with van der Waals surface area (Å²) in [5.41, 5.74) is 1.09. The third-order valence-electron chi connectivity index (χ3n) is 4.43. The molecule has 0 unspecified atom stereocenters. The highest BCUT2D eigenvalue weighted by Gasteiger charge is 2.25. The van der Waals surface area contributed by atoms with Crippen molar-refractivity contribution in [2.75, 3.05) is 53.4 Å². The van der Waals surface area contributed by atoms with Crippen LogP contribution in [-0.2, 0) is 11.3 Å². The lowest BCUT2D eigenvalue weighted by atomic mass is 10.2. The highest BCUT2D eigenvalue weighted by atomic mass is 35.5. The van der Waals surface area contributed by atoms with E-state index in [9.17, 15) is 4.79 Å². The van der Waals surface area contributed by atoms with Gasteiger partial charge in [0.2, 0.25) is 5.91 Å².